The zero-order chi connectivity index (χ0) is 13.8. The molecule has 0 saturated carbocycles. The van der Waals surface area contributed by atoms with Crippen LogP contribution < -0.4 is 5.73 Å². The molecule has 1 rings (SSSR count). The Morgan fingerprint density at radius 2 is 2.22 bits per heavy atom. The molecule has 0 fully saturated rings. The van der Waals surface area contributed by atoms with Gasteiger partial charge in [0.15, 0.2) is 0 Å². The minimum atomic E-state index is -4.30. The van der Waals surface area contributed by atoms with Crippen LogP contribution in [0, 0.1) is 0 Å². The molecule has 5 N–H and O–H groups in total. The first-order valence-electron chi connectivity index (χ1n) is 5.21. The maximum Gasteiger partial charge on any atom is 0.350 e. The summed E-state index contributed by atoms with van der Waals surface area (Å²) in [7, 11) is -4.30. The summed E-state index contributed by atoms with van der Waals surface area (Å²) in [5.74, 6) is 0.243. The quantitative estimate of drug-likeness (QED) is 0.442. The molecule has 2 amide bonds. The summed E-state index contributed by atoms with van der Waals surface area (Å²) in [6.45, 7) is -0.112. The highest BCUT2D eigenvalue weighted by atomic mass is 31.2. The second kappa shape index (κ2) is 6.26. The lowest BCUT2D eigenvalue weighted by Gasteiger charge is -2.27. The molecule has 0 aromatic carbocycles. The Morgan fingerprint density at radius 3 is 2.72 bits per heavy atom. The Hall–Kier alpha value is -0.990. The molecule has 9 nitrogen and oxygen atoms in total. The molecule has 0 aromatic rings. The van der Waals surface area contributed by atoms with E-state index < -0.39 is 32.7 Å². The molecule has 1 aliphatic rings. The van der Waals surface area contributed by atoms with Gasteiger partial charge in [-0.25, -0.2) is 4.79 Å². The van der Waals surface area contributed by atoms with Crippen LogP contribution in [-0.4, -0.2) is 63.8 Å². The number of rotatable bonds is 6. The van der Waals surface area contributed by atoms with Gasteiger partial charge in [-0.15, -0.1) is 0 Å². The van der Waals surface area contributed by atoms with Gasteiger partial charge >= 0.3 is 13.6 Å². The largest absolute Gasteiger partial charge is 0.394 e. The zero-order valence-electron chi connectivity index (χ0n) is 9.60. The van der Waals surface area contributed by atoms with Crippen LogP contribution in [0.1, 0.15) is 6.42 Å². The summed E-state index contributed by atoms with van der Waals surface area (Å²) in [6, 6.07) is -0.544. The summed E-state index contributed by atoms with van der Waals surface area (Å²) >= 11 is 0. The summed E-state index contributed by atoms with van der Waals surface area (Å²) in [5.41, 5.74) is 5.39. The normalized spacial score (nSPS) is 18.7. The number of amides is 2. The van der Waals surface area contributed by atoms with Gasteiger partial charge in [0.2, 0.25) is 0 Å². The van der Waals surface area contributed by atoms with E-state index >= 15 is 0 Å². The highest BCUT2D eigenvalue weighted by Gasteiger charge is 2.24. The minimum absolute atomic E-state index is 0.00606. The van der Waals surface area contributed by atoms with Crippen LogP contribution in [0.3, 0.4) is 0 Å². The van der Waals surface area contributed by atoms with E-state index in [1.807, 2.05) is 0 Å². The number of ether oxygens (including phenoxy) is 1. The van der Waals surface area contributed by atoms with Gasteiger partial charge in [-0.1, -0.05) is 0 Å². The van der Waals surface area contributed by atoms with Crippen molar-refractivity contribution in [2.75, 3.05) is 26.0 Å². The first-order valence-corrected chi connectivity index (χ1v) is 7.00. The molecule has 0 bridgehead atoms. The molecule has 1 unspecified atom stereocenters. The highest BCUT2D eigenvalue weighted by Crippen LogP contribution is 2.34. The van der Waals surface area contributed by atoms with Gasteiger partial charge in [-0.2, -0.15) is 4.99 Å². The number of hydrogen-bond donors (Lipinski definition) is 4. The van der Waals surface area contributed by atoms with E-state index in [9.17, 15) is 9.36 Å². The molecule has 1 atom stereocenters. The van der Waals surface area contributed by atoms with E-state index in [0.29, 0.717) is 13.0 Å². The topological polar surface area (TPSA) is 146 Å². The lowest BCUT2D eigenvalue weighted by Crippen LogP contribution is -2.43. The lowest BCUT2D eigenvalue weighted by atomic mass is 10.3. The molecule has 0 spiro atoms. The molecule has 1 heterocycles. The highest BCUT2D eigenvalue weighted by molar-refractivity contribution is 7.51. The van der Waals surface area contributed by atoms with Gasteiger partial charge < -0.3 is 30.3 Å². The zero-order valence-corrected chi connectivity index (χ0v) is 10.5. The molecule has 0 aromatic heterocycles. The third-order valence-corrected chi connectivity index (χ3v) is 2.74. The van der Waals surface area contributed by atoms with Crippen molar-refractivity contribution in [3.8, 4) is 0 Å². The standard InChI is InChI=1S/C8H16N3O6P/c9-7-1-2-11(8(13)10-7)3-6(4-12)17-5-18(14,15)16/h6,12H,1-5H2,(H2,9,10,13)(H2,14,15,16). The van der Waals surface area contributed by atoms with E-state index in [1.165, 1.54) is 4.90 Å². The summed E-state index contributed by atoms with van der Waals surface area (Å²) < 4.78 is 15.5. The average molecular weight is 281 g/mol. The first-order chi connectivity index (χ1) is 8.31. The van der Waals surface area contributed by atoms with Gasteiger partial charge in [-0.3, -0.25) is 4.57 Å². The molecule has 1 aliphatic heterocycles. The molecule has 0 saturated heterocycles. The number of urea groups is 1. The van der Waals surface area contributed by atoms with Crippen molar-refractivity contribution in [2.24, 2.45) is 10.7 Å². The van der Waals surface area contributed by atoms with Crippen LogP contribution in [0.15, 0.2) is 4.99 Å². The fourth-order valence-electron chi connectivity index (χ4n) is 1.38. The van der Waals surface area contributed by atoms with E-state index in [1.54, 1.807) is 0 Å². The van der Waals surface area contributed by atoms with Gasteiger partial charge in [-0.05, 0) is 0 Å². The van der Waals surface area contributed by atoms with Crippen molar-refractivity contribution >= 4 is 19.5 Å². The molecule has 0 aliphatic carbocycles. The Bertz CT molecular complexity index is 381. The first kappa shape index (κ1) is 15.1. The average Bonchev–Trinajstić information content (AvgIpc) is 2.25. The van der Waals surface area contributed by atoms with E-state index in [-0.39, 0.29) is 12.4 Å². The van der Waals surface area contributed by atoms with Gasteiger partial charge in [0, 0.05) is 13.0 Å². The monoisotopic (exact) mass is 281 g/mol. The smallest absolute Gasteiger partial charge is 0.350 e. The van der Waals surface area contributed by atoms with Crippen molar-refractivity contribution in [3.05, 3.63) is 0 Å². The van der Waals surface area contributed by atoms with Crippen molar-refractivity contribution in [1.29, 1.82) is 0 Å². The molecular formula is C8H16N3O6P. The number of aliphatic hydroxyl groups excluding tert-OH is 1. The van der Waals surface area contributed by atoms with Crippen molar-refractivity contribution in [1.82, 2.24) is 4.90 Å². The SMILES string of the molecule is NC1=NC(=O)N(CC(CO)OCP(=O)(O)O)CC1. The maximum atomic E-state index is 11.4. The molecule has 104 valence electrons. The molecular weight excluding hydrogens is 265 g/mol. The number of carbonyl (C=O) groups excluding carboxylic acids is 1. The number of carbonyl (C=O) groups is 1. The Morgan fingerprint density at radius 1 is 1.56 bits per heavy atom. The number of hydrogen-bond acceptors (Lipinski definition) is 5. The Labute approximate surface area is 103 Å². The second-order valence-corrected chi connectivity index (χ2v) is 5.43. The number of amidine groups is 1. The lowest BCUT2D eigenvalue weighted by molar-refractivity contribution is 0.0142. The van der Waals surface area contributed by atoms with Crippen LogP contribution in [0.2, 0.25) is 0 Å². The summed E-state index contributed by atoms with van der Waals surface area (Å²) in [6.07, 6.45) is -1.25. The van der Waals surface area contributed by atoms with E-state index in [2.05, 4.69) is 4.99 Å². The maximum absolute atomic E-state index is 11.4. The van der Waals surface area contributed by atoms with E-state index in [0.717, 1.165) is 0 Å². The van der Waals surface area contributed by atoms with Gasteiger partial charge in [0.05, 0.1) is 19.3 Å². The fraction of sp³-hybridized carbons (Fsp3) is 0.750. The Balaban J connectivity index is 2.49. The Kier molecular flexibility index (Phi) is 5.24. The van der Waals surface area contributed by atoms with E-state index in [4.69, 9.17) is 25.4 Å². The number of nitrogens with zero attached hydrogens (tertiary/aromatic N) is 2. The fourth-order valence-corrected chi connectivity index (χ4v) is 1.78. The van der Waals surface area contributed by atoms with Gasteiger partial charge in [0.25, 0.3) is 0 Å². The van der Waals surface area contributed by atoms with Crippen LogP contribution >= 0.6 is 7.60 Å². The third kappa shape index (κ3) is 5.11. The molecule has 10 heteroatoms. The van der Waals surface area contributed by atoms with Crippen molar-refractivity contribution < 1.29 is 29.0 Å². The minimum Gasteiger partial charge on any atom is -0.394 e. The number of aliphatic imine (C=N–C) groups is 1. The molecule has 0 radical (unpaired) electrons. The van der Waals surface area contributed by atoms with Gasteiger partial charge in [0.1, 0.15) is 12.2 Å². The van der Waals surface area contributed by atoms with Crippen LogP contribution in [-0.2, 0) is 9.30 Å². The predicted octanol–water partition coefficient (Wildman–Crippen LogP) is -1.32. The molecule has 18 heavy (non-hydrogen) atoms. The predicted molar refractivity (Wildman–Crippen MR) is 62.1 cm³/mol. The number of nitrogens with two attached hydrogens (primary N) is 1. The van der Waals surface area contributed by atoms with Crippen LogP contribution in [0.4, 0.5) is 4.79 Å². The van der Waals surface area contributed by atoms with Crippen LogP contribution in [0.25, 0.3) is 0 Å². The van der Waals surface area contributed by atoms with Crippen molar-refractivity contribution in [2.45, 2.75) is 12.5 Å². The van der Waals surface area contributed by atoms with Crippen LogP contribution in [0.5, 0.6) is 0 Å². The second-order valence-electron chi connectivity index (χ2n) is 3.85. The van der Waals surface area contributed by atoms with Crippen molar-refractivity contribution in [3.63, 3.8) is 0 Å². The number of aliphatic hydroxyl groups is 1. The summed E-state index contributed by atoms with van der Waals surface area (Å²) in [4.78, 5) is 33.6. The third-order valence-electron chi connectivity index (χ3n) is 2.25. The summed E-state index contributed by atoms with van der Waals surface area (Å²) in [5, 5.41) is 9.02.